The minimum Gasteiger partial charge on any atom is -0.294 e. The number of carbonyl (C=O) groups is 2. The zero-order valence-electron chi connectivity index (χ0n) is 14.1. The lowest BCUT2D eigenvalue weighted by atomic mass is 9.95. The highest BCUT2D eigenvalue weighted by atomic mass is 19.1. The summed E-state index contributed by atoms with van der Waals surface area (Å²) in [6, 6.07) is 23.7. The molecule has 3 aromatic rings. The van der Waals surface area contributed by atoms with Crippen molar-refractivity contribution in [2.45, 2.75) is 6.42 Å². The molecule has 0 bridgehead atoms. The van der Waals surface area contributed by atoms with Crippen LogP contribution in [0.4, 0.5) is 4.39 Å². The summed E-state index contributed by atoms with van der Waals surface area (Å²) in [4.78, 5) is 25.1. The number of hydrogen-bond donors (Lipinski definition) is 0. The molecular weight excluding hydrogens is 327 g/mol. The van der Waals surface area contributed by atoms with Crippen LogP contribution in [0.3, 0.4) is 0 Å². The Bertz CT molecular complexity index is 927. The van der Waals surface area contributed by atoms with Gasteiger partial charge in [0.15, 0.2) is 11.6 Å². The van der Waals surface area contributed by atoms with Crippen molar-refractivity contribution in [1.82, 2.24) is 0 Å². The number of hydrogen-bond acceptors (Lipinski definition) is 2. The SMILES string of the molecule is O=C(/C=C(/CC(=O)c1ccccc1)c1ccccc1)c1ccc(F)cc1. The second-order valence-corrected chi connectivity index (χ2v) is 5.87. The monoisotopic (exact) mass is 344 g/mol. The second kappa shape index (κ2) is 8.17. The molecule has 0 atom stereocenters. The Morgan fingerprint density at radius 1 is 0.692 bits per heavy atom. The number of ketones is 2. The molecule has 0 unspecified atom stereocenters. The third kappa shape index (κ3) is 4.39. The lowest BCUT2D eigenvalue weighted by molar-refractivity contribution is 0.0998. The molecule has 0 N–H and O–H groups in total. The second-order valence-electron chi connectivity index (χ2n) is 5.87. The van der Waals surface area contributed by atoms with E-state index >= 15 is 0 Å². The predicted molar refractivity (Wildman–Crippen MR) is 101 cm³/mol. The molecule has 3 aromatic carbocycles. The highest BCUT2D eigenvalue weighted by Crippen LogP contribution is 2.22. The number of halogens is 1. The van der Waals surface area contributed by atoms with Crippen LogP contribution in [0.5, 0.6) is 0 Å². The average Bonchev–Trinajstić information content (AvgIpc) is 2.69. The lowest BCUT2D eigenvalue weighted by Gasteiger charge is -2.08. The van der Waals surface area contributed by atoms with Crippen LogP contribution in [0.1, 0.15) is 32.7 Å². The van der Waals surface area contributed by atoms with E-state index in [1.807, 2.05) is 48.5 Å². The van der Waals surface area contributed by atoms with E-state index in [1.54, 1.807) is 12.1 Å². The van der Waals surface area contributed by atoms with E-state index in [-0.39, 0.29) is 18.0 Å². The third-order valence-corrected chi connectivity index (χ3v) is 4.03. The lowest BCUT2D eigenvalue weighted by Crippen LogP contribution is -2.03. The molecule has 0 aromatic heterocycles. The summed E-state index contributed by atoms with van der Waals surface area (Å²) in [6.45, 7) is 0. The summed E-state index contributed by atoms with van der Waals surface area (Å²) in [5, 5.41) is 0. The van der Waals surface area contributed by atoms with Crippen LogP contribution < -0.4 is 0 Å². The normalized spacial score (nSPS) is 11.2. The van der Waals surface area contributed by atoms with Gasteiger partial charge in [0.25, 0.3) is 0 Å². The number of carbonyl (C=O) groups excluding carboxylic acids is 2. The van der Waals surface area contributed by atoms with E-state index in [2.05, 4.69) is 0 Å². The number of benzene rings is 3. The van der Waals surface area contributed by atoms with E-state index in [1.165, 1.54) is 30.3 Å². The van der Waals surface area contributed by atoms with Crippen molar-refractivity contribution < 1.29 is 14.0 Å². The van der Waals surface area contributed by atoms with Gasteiger partial charge in [-0.1, -0.05) is 60.7 Å². The van der Waals surface area contributed by atoms with E-state index in [0.717, 1.165) is 5.56 Å². The Morgan fingerprint density at radius 2 is 1.23 bits per heavy atom. The summed E-state index contributed by atoms with van der Waals surface area (Å²) < 4.78 is 13.1. The van der Waals surface area contributed by atoms with Crippen LogP contribution in [0.2, 0.25) is 0 Å². The van der Waals surface area contributed by atoms with Gasteiger partial charge in [0.2, 0.25) is 0 Å². The maximum absolute atomic E-state index is 13.1. The van der Waals surface area contributed by atoms with E-state index in [0.29, 0.717) is 16.7 Å². The van der Waals surface area contributed by atoms with Crippen LogP contribution in [0.15, 0.2) is 91.0 Å². The van der Waals surface area contributed by atoms with Gasteiger partial charge in [0, 0.05) is 17.5 Å². The summed E-state index contributed by atoms with van der Waals surface area (Å²) in [5.41, 5.74) is 2.43. The Labute approximate surface area is 151 Å². The van der Waals surface area contributed by atoms with Gasteiger partial charge < -0.3 is 0 Å². The minimum absolute atomic E-state index is 0.0624. The summed E-state index contributed by atoms with van der Waals surface area (Å²) in [5.74, 6) is -0.717. The van der Waals surface area contributed by atoms with Crippen molar-refractivity contribution in [3.05, 3.63) is 114 Å². The molecule has 0 heterocycles. The average molecular weight is 344 g/mol. The maximum atomic E-state index is 13.1. The number of allylic oxidation sites excluding steroid dienone is 2. The first kappa shape index (κ1) is 17.5. The summed E-state index contributed by atoms with van der Waals surface area (Å²) in [6.07, 6.45) is 1.57. The van der Waals surface area contributed by atoms with Crippen LogP contribution >= 0.6 is 0 Å². The molecule has 0 aliphatic heterocycles. The molecular formula is C23H17FO2. The number of rotatable bonds is 6. The molecule has 26 heavy (non-hydrogen) atoms. The van der Waals surface area contributed by atoms with Gasteiger partial charge in [-0.2, -0.15) is 0 Å². The van der Waals surface area contributed by atoms with Crippen LogP contribution in [-0.4, -0.2) is 11.6 Å². The standard InChI is InChI=1S/C23H17FO2/c24-21-13-11-19(12-14-21)23(26)16-20(17-7-3-1-4-8-17)15-22(25)18-9-5-2-6-10-18/h1-14,16H,15H2/b20-16-. The molecule has 2 nitrogen and oxygen atoms in total. The van der Waals surface area contributed by atoms with Gasteiger partial charge >= 0.3 is 0 Å². The predicted octanol–water partition coefficient (Wildman–Crippen LogP) is 5.37. The van der Waals surface area contributed by atoms with E-state index < -0.39 is 5.82 Å². The topological polar surface area (TPSA) is 34.1 Å². The zero-order chi connectivity index (χ0) is 18.4. The zero-order valence-corrected chi connectivity index (χ0v) is 14.1. The minimum atomic E-state index is -0.395. The Kier molecular flexibility index (Phi) is 5.49. The third-order valence-electron chi connectivity index (χ3n) is 4.03. The fraction of sp³-hybridized carbons (Fsp3) is 0.0435. The molecule has 0 saturated carbocycles. The fourth-order valence-electron chi connectivity index (χ4n) is 2.64. The molecule has 0 saturated heterocycles. The first-order chi connectivity index (χ1) is 12.6. The van der Waals surface area contributed by atoms with E-state index in [4.69, 9.17) is 0 Å². The quantitative estimate of drug-likeness (QED) is 0.445. The Morgan fingerprint density at radius 3 is 1.81 bits per heavy atom. The van der Waals surface area contributed by atoms with Gasteiger partial charge in [-0.05, 0) is 41.5 Å². The van der Waals surface area contributed by atoms with Crippen molar-refractivity contribution in [3.63, 3.8) is 0 Å². The van der Waals surface area contributed by atoms with Gasteiger partial charge in [-0.15, -0.1) is 0 Å². The molecule has 0 spiro atoms. The van der Waals surface area contributed by atoms with Crippen LogP contribution in [0.25, 0.3) is 5.57 Å². The van der Waals surface area contributed by atoms with Gasteiger partial charge in [-0.25, -0.2) is 4.39 Å². The summed E-state index contributed by atoms with van der Waals surface area (Å²) >= 11 is 0. The molecule has 3 heteroatoms. The molecule has 128 valence electrons. The van der Waals surface area contributed by atoms with Crippen molar-refractivity contribution >= 4 is 17.1 Å². The van der Waals surface area contributed by atoms with Crippen molar-refractivity contribution in [2.75, 3.05) is 0 Å². The molecule has 0 aliphatic rings. The van der Waals surface area contributed by atoms with Crippen LogP contribution in [0, 0.1) is 5.82 Å². The van der Waals surface area contributed by atoms with Crippen molar-refractivity contribution in [2.24, 2.45) is 0 Å². The van der Waals surface area contributed by atoms with Crippen molar-refractivity contribution in [3.8, 4) is 0 Å². The van der Waals surface area contributed by atoms with Gasteiger partial charge in [-0.3, -0.25) is 9.59 Å². The largest absolute Gasteiger partial charge is 0.294 e. The Balaban J connectivity index is 1.92. The highest BCUT2D eigenvalue weighted by Gasteiger charge is 2.13. The van der Waals surface area contributed by atoms with Gasteiger partial charge in [0.1, 0.15) is 5.82 Å². The number of Topliss-reactive ketones (excluding diaryl/α,β-unsaturated/α-hetero) is 1. The first-order valence-corrected chi connectivity index (χ1v) is 8.27. The first-order valence-electron chi connectivity index (χ1n) is 8.27. The highest BCUT2D eigenvalue weighted by molar-refractivity contribution is 6.11. The van der Waals surface area contributed by atoms with Crippen LogP contribution in [-0.2, 0) is 0 Å². The molecule has 0 aliphatic carbocycles. The molecule has 3 rings (SSSR count). The molecule has 0 radical (unpaired) electrons. The fourth-order valence-corrected chi connectivity index (χ4v) is 2.64. The van der Waals surface area contributed by atoms with Crippen molar-refractivity contribution in [1.29, 1.82) is 0 Å². The smallest absolute Gasteiger partial charge is 0.186 e. The van der Waals surface area contributed by atoms with Gasteiger partial charge in [0.05, 0.1) is 0 Å². The van der Waals surface area contributed by atoms with E-state index in [9.17, 15) is 14.0 Å². The molecule has 0 fully saturated rings. The molecule has 0 amide bonds. The Hall–Kier alpha value is -3.33. The maximum Gasteiger partial charge on any atom is 0.186 e. The summed E-state index contributed by atoms with van der Waals surface area (Å²) in [7, 11) is 0.